The lowest BCUT2D eigenvalue weighted by molar-refractivity contribution is -0.117. The molecule has 0 bridgehead atoms. The fraction of sp³-hybridized carbons (Fsp3) is 0.462. The summed E-state index contributed by atoms with van der Waals surface area (Å²) in [5.41, 5.74) is 10.2. The van der Waals surface area contributed by atoms with Gasteiger partial charge in [-0.2, -0.15) is 0 Å². The first-order chi connectivity index (χ1) is 15.5. The molecule has 2 fully saturated rings. The number of carbonyl (C=O) groups excluding carboxylic acids is 1. The van der Waals surface area contributed by atoms with Crippen LogP contribution in [0, 0.1) is 0 Å². The van der Waals surface area contributed by atoms with Gasteiger partial charge in [-0.3, -0.25) is 4.79 Å². The first-order valence-electron chi connectivity index (χ1n) is 11.6. The largest absolute Gasteiger partial charge is 0.492 e. The smallest absolute Gasteiger partial charge is 0.335 e. The van der Waals surface area contributed by atoms with E-state index in [9.17, 15) is 14.7 Å². The number of rotatable bonds is 9. The van der Waals surface area contributed by atoms with E-state index in [-0.39, 0.29) is 18.0 Å². The quantitative estimate of drug-likeness (QED) is 0.571. The summed E-state index contributed by atoms with van der Waals surface area (Å²) in [7, 11) is 0. The van der Waals surface area contributed by atoms with Crippen molar-refractivity contribution >= 4 is 17.6 Å². The predicted molar refractivity (Wildman–Crippen MR) is 127 cm³/mol. The van der Waals surface area contributed by atoms with Gasteiger partial charge in [-0.25, -0.2) is 4.79 Å². The second kappa shape index (κ2) is 10.6. The Morgan fingerprint density at radius 2 is 1.62 bits per heavy atom. The lowest BCUT2D eigenvalue weighted by Crippen LogP contribution is -2.36. The SMILES string of the molecule is CC.CCOc1cc(C(=O)O)ccc1N(Cc1cc(C2CC2)cc(C2CC2)c1)C(=O)CN. The highest BCUT2D eigenvalue weighted by atomic mass is 16.5. The van der Waals surface area contributed by atoms with Crippen LogP contribution in [0.2, 0.25) is 0 Å². The number of nitrogens with zero attached hydrogens (tertiary/aromatic N) is 1. The fourth-order valence-electron chi connectivity index (χ4n) is 3.88. The van der Waals surface area contributed by atoms with E-state index < -0.39 is 5.97 Å². The van der Waals surface area contributed by atoms with Gasteiger partial charge in [-0.15, -0.1) is 0 Å². The molecule has 0 atom stereocenters. The van der Waals surface area contributed by atoms with Crippen molar-refractivity contribution in [3.63, 3.8) is 0 Å². The van der Waals surface area contributed by atoms with Gasteiger partial charge in [0.15, 0.2) is 0 Å². The molecule has 6 heteroatoms. The summed E-state index contributed by atoms with van der Waals surface area (Å²) in [5.74, 6) is 0.374. The third-order valence-electron chi connectivity index (χ3n) is 5.75. The molecule has 0 radical (unpaired) electrons. The maximum Gasteiger partial charge on any atom is 0.335 e. The van der Waals surface area contributed by atoms with Crippen LogP contribution in [0.1, 0.15) is 85.3 Å². The van der Waals surface area contributed by atoms with Gasteiger partial charge in [0.25, 0.3) is 0 Å². The van der Waals surface area contributed by atoms with Gasteiger partial charge in [0.2, 0.25) is 5.91 Å². The topological polar surface area (TPSA) is 92.9 Å². The zero-order valence-corrected chi connectivity index (χ0v) is 19.3. The van der Waals surface area contributed by atoms with Crippen molar-refractivity contribution in [2.24, 2.45) is 5.73 Å². The van der Waals surface area contributed by atoms with Gasteiger partial charge >= 0.3 is 5.97 Å². The van der Waals surface area contributed by atoms with E-state index in [1.54, 1.807) is 11.0 Å². The minimum absolute atomic E-state index is 0.120. The normalized spacial score (nSPS) is 14.9. The Hall–Kier alpha value is -2.86. The number of hydrogen-bond donors (Lipinski definition) is 2. The average Bonchev–Trinajstić information content (AvgIpc) is 3.71. The molecule has 1 amide bonds. The molecule has 0 aromatic heterocycles. The monoisotopic (exact) mass is 438 g/mol. The Morgan fingerprint density at radius 1 is 1.03 bits per heavy atom. The number of amides is 1. The van der Waals surface area contributed by atoms with Gasteiger partial charge in [-0.05, 0) is 79.3 Å². The molecule has 2 aromatic carbocycles. The molecule has 2 aliphatic rings. The highest BCUT2D eigenvalue weighted by Crippen LogP contribution is 2.45. The van der Waals surface area contributed by atoms with Gasteiger partial charge in [0, 0.05) is 0 Å². The van der Waals surface area contributed by atoms with Crippen molar-refractivity contribution < 1.29 is 19.4 Å². The first-order valence-corrected chi connectivity index (χ1v) is 11.6. The van der Waals surface area contributed by atoms with Crippen LogP contribution < -0.4 is 15.4 Å². The second-order valence-corrected chi connectivity index (χ2v) is 8.16. The number of hydrogen-bond acceptors (Lipinski definition) is 4. The van der Waals surface area contributed by atoms with Gasteiger partial charge in [-0.1, -0.05) is 32.0 Å². The molecule has 2 aliphatic carbocycles. The Morgan fingerprint density at radius 3 is 2.09 bits per heavy atom. The summed E-state index contributed by atoms with van der Waals surface area (Å²) in [4.78, 5) is 25.8. The summed E-state index contributed by atoms with van der Waals surface area (Å²) >= 11 is 0. The standard InChI is InChI=1S/C24H28N2O4.C2H6/c1-2-30-22-12-18(24(28)29)7-8-21(22)26(23(27)13-25)14-15-9-19(16-3-4-16)11-20(10-15)17-5-6-17;1-2/h7-12,16-17H,2-6,13-14,25H2,1H3,(H,28,29);1-2H3. The zero-order chi connectivity index (χ0) is 23.3. The van der Waals surface area contributed by atoms with Crippen LogP contribution >= 0.6 is 0 Å². The van der Waals surface area contributed by atoms with Crippen LogP contribution in [0.4, 0.5) is 5.69 Å². The number of ether oxygens (including phenoxy) is 1. The van der Waals surface area contributed by atoms with Crippen LogP contribution in [0.25, 0.3) is 0 Å². The number of carboxylic acid groups (broad SMARTS) is 1. The molecule has 0 unspecified atom stereocenters. The van der Waals surface area contributed by atoms with Crippen molar-refractivity contribution in [3.8, 4) is 5.75 Å². The molecule has 4 rings (SSSR count). The Balaban J connectivity index is 0.00000141. The molecule has 0 aliphatic heterocycles. The van der Waals surface area contributed by atoms with E-state index in [1.165, 1.54) is 48.9 Å². The molecular weight excluding hydrogens is 404 g/mol. The maximum atomic E-state index is 12.8. The number of carbonyl (C=O) groups is 2. The molecule has 2 aromatic rings. The van der Waals surface area contributed by atoms with E-state index in [1.807, 2.05) is 20.8 Å². The summed E-state index contributed by atoms with van der Waals surface area (Å²) in [5, 5.41) is 9.32. The molecule has 172 valence electrons. The number of anilines is 1. The Bertz CT molecular complexity index is 934. The zero-order valence-electron chi connectivity index (χ0n) is 19.3. The lowest BCUT2D eigenvalue weighted by Gasteiger charge is -2.25. The first kappa shape index (κ1) is 23.8. The molecule has 0 saturated heterocycles. The second-order valence-electron chi connectivity index (χ2n) is 8.16. The number of aromatic carboxylic acids is 1. The van der Waals surface area contributed by atoms with Crippen LogP contribution in [-0.4, -0.2) is 30.1 Å². The molecule has 2 saturated carbocycles. The number of benzene rings is 2. The van der Waals surface area contributed by atoms with E-state index >= 15 is 0 Å². The van der Waals surface area contributed by atoms with E-state index in [4.69, 9.17) is 10.5 Å². The van der Waals surface area contributed by atoms with E-state index in [2.05, 4.69) is 18.2 Å². The van der Waals surface area contributed by atoms with Gasteiger partial charge in [0.1, 0.15) is 5.75 Å². The highest BCUT2D eigenvalue weighted by Gasteiger charge is 2.29. The summed E-state index contributed by atoms with van der Waals surface area (Å²) in [6.07, 6.45) is 4.91. The minimum Gasteiger partial charge on any atom is -0.492 e. The van der Waals surface area contributed by atoms with E-state index in [0.29, 0.717) is 36.4 Å². The maximum absolute atomic E-state index is 12.8. The molecule has 3 N–H and O–H groups in total. The summed E-state index contributed by atoms with van der Waals surface area (Å²) in [6.45, 7) is 6.43. The molecule has 6 nitrogen and oxygen atoms in total. The lowest BCUT2D eigenvalue weighted by atomic mass is 9.99. The number of carboxylic acids is 1. The summed E-state index contributed by atoms with van der Waals surface area (Å²) < 4.78 is 5.69. The van der Waals surface area contributed by atoms with Crippen LogP contribution in [-0.2, 0) is 11.3 Å². The molecular formula is C26H34N2O4. The highest BCUT2D eigenvalue weighted by molar-refractivity contribution is 5.97. The van der Waals surface area contributed by atoms with Crippen molar-refractivity contribution in [2.45, 2.75) is 64.8 Å². The third-order valence-corrected chi connectivity index (χ3v) is 5.75. The molecule has 0 spiro atoms. The Kier molecular flexibility index (Phi) is 7.91. The minimum atomic E-state index is -1.04. The Labute approximate surface area is 190 Å². The fourth-order valence-corrected chi connectivity index (χ4v) is 3.88. The van der Waals surface area contributed by atoms with Crippen molar-refractivity contribution in [1.82, 2.24) is 0 Å². The van der Waals surface area contributed by atoms with Crippen molar-refractivity contribution in [3.05, 3.63) is 58.7 Å². The van der Waals surface area contributed by atoms with Crippen LogP contribution in [0.15, 0.2) is 36.4 Å². The average molecular weight is 439 g/mol. The van der Waals surface area contributed by atoms with Crippen molar-refractivity contribution in [2.75, 3.05) is 18.1 Å². The number of nitrogens with two attached hydrogens (primary N) is 1. The van der Waals surface area contributed by atoms with Crippen LogP contribution in [0.3, 0.4) is 0 Å². The van der Waals surface area contributed by atoms with Crippen molar-refractivity contribution in [1.29, 1.82) is 0 Å². The molecule has 32 heavy (non-hydrogen) atoms. The summed E-state index contributed by atoms with van der Waals surface area (Å²) in [6, 6.07) is 11.3. The van der Waals surface area contributed by atoms with Gasteiger partial charge < -0.3 is 20.5 Å². The molecule has 0 heterocycles. The van der Waals surface area contributed by atoms with Crippen LogP contribution in [0.5, 0.6) is 5.75 Å². The predicted octanol–water partition coefficient (Wildman–Crippen LogP) is 5.06. The third kappa shape index (κ3) is 5.68. The van der Waals surface area contributed by atoms with E-state index in [0.717, 1.165) is 5.56 Å². The van der Waals surface area contributed by atoms with Gasteiger partial charge in [0.05, 0.1) is 30.9 Å².